The number of piperidine rings is 1. The monoisotopic (exact) mass is 612 g/mol. The molecule has 5 aliphatic rings. The Morgan fingerprint density at radius 3 is 2.52 bits per heavy atom. The summed E-state index contributed by atoms with van der Waals surface area (Å²) in [6, 6.07) is 0. The van der Waals surface area contributed by atoms with Crippen LogP contribution < -0.4 is 21.8 Å². The molecule has 5 N–H and O–H groups in total. The van der Waals surface area contributed by atoms with E-state index in [1.165, 1.54) is 0 Å². The number of nitrogens with one attached hydrogen (secondary N) is 3. The van der Waals surface area contributed by atoms with Crippen LogP contribution in [0.2, 0.25) is 0 Å². The molecule has 0 aromatic carbocycles. The molecule has 5 rings (SSSR count). The van der Waals surface area contributed by atoms with Crippen LogP contribution in [-0.2, 0) is 18.9 Å². The fourth-order valence-corrected chi connectivity index (χ4v) is 7.66. The van der Waals surface area contributed by atoms with E-state index in [1.807, 2.05) is 5.43 Å². The van der Waals surface area contributed by atoms with Gasteiger partial charge in [-0.25, -0.2) is 15.1 Å². The number of ketones is 1. The Kier molecular flexibility index (Phi) is 11.7. The molecule has 2 aliphatic heterocycles. The van der Waals surface area contributed by atoms with E-state index in [0.717, 1.165) is 38.8 Å². The second-order valence-electron chi connectivity index (χ2n) is 13.8. The van der Waals surface area contributed by atoms with Crippen molar-refractivity contribution in [3.8, 4) is 0 Å². The number of nitro groups is 1. The van der Waals surface area contributed by atoms with Crippen molar-refractivity contribution in [2.24, 2.45) is 45.7 Å². The van der Waals surface area contributed by atoms with E-state index in [-0.39, 0.29) is 72.0 Å². The van der Waals surface area contributed by atoms with E-state index >= 15 is 0 Å². The fraction of sp³-hybridized carbons (Fsp3) is 0.893. The zero-order valence-corrected chi connectivity index (χ0v) is 26.5. The van der Waals surface area contributed by atoms with Gasteiger partial charge in [-0.05, 0) is 88.1 Å². The minimum absolute atomic E-state index is 0. The van der Waals surface area contributed by atoms with Gasteiger partial charge < -0.3 is 25.7 Å². The fourth-order valence-electron chi connectivity index (χ4n) is 7.66. The molecule has 14 heteroatoms. The van der Waals surface area contributed by atoms with Crippen molar-refractivity contribution < 1.29 is 23.9 Å². The van der Waals surface area contributed by atoms with Crippen LogP contribution in [0.5, 0.6) is 0 Å². The minimum atomic E-state index is -0.768. The summed E-state index contributed by atoms with van der Waals surface area (Å²) >= 11 is 0. The van der Waals surface area contributed by atoms with E-state index in [1.54, 1.807) is 0 Å². The SMILES string of the molecule is CC(C)C[C@H](NC(=O)[C@H](CCCN=C(N)N[N+](=O)[O-])CC(=O)C1CCNCC1)B1O[C@@H]2C[C@@H]3C[C@@H](C3(C)C)[C@]2(C)O1.Cl. The maximum Gasteiger partial charge on any atom is 0.481 e. The molecule has 0 unspecified atom stereocenters. The normalized spacial score (nSPS) is 30.0. The Labute approximate surface area is 256 Å². The van der Waals surface area contributed by atoms with Gasteiger partial charge in [-0.2, -0.15) is 0 Å². The van der Waals surface area contributed by atoms with Crippen molar-refractivity contribution in [1.29, 1.82) is 0 Å². The molecule has 3 saturated carbocycles. The topological polar surface area (TPSA) is 170 Å². The first-order valence-electron chi connectivity index (χ1n) is 15.4. The third-order valence-corrected chi connectivity index (χ3v) is 10.2. The number of carbonyl (C=O) groups is 2. The summed E-state index contributed by atoms with van der Waals surface area (Å²) in [5, 5.41) is 16.3. The van der Waals surface area contributed by atoms with Gasteiger partial charge in [0.25, 0.3) is 5.96 Å². The Balaban J connectivity index is 0.00000484. The van der Waals surface area contributed by atoms with Crippen LogP contribution in [0.3, 0.4) is 0 Å². The smallest absolute Gasteiger partial charge is 0.404 e. The predicted octanol–water partition coefficient (Wildman–Crippen LogP) is 2.66. The molecular formula is C28H50BClN6O6. The summed E-state index contributed by atoms with van der Waals surface area (Å²) in [4.78, 5) is 41.6. The number of hydrazine groups is 1. The predicted molar refractivity (Wildman–Crippen MR) is 163 cm³/mol. The molecule has 12 nitrogen and oxygen atoms in total. The maximum absolute atomic E-state index is 13.8. The van der Waals surface area contributed by atoms with Crippen LogP contribution in [0, 0.1) is 45.1 Å². The number of hydrogen-bond donors (Lipinski definition) is 4. The number of aliphatic imine (C=N–C) groups is 1. The first kappa shape index (κ1) is 34.5. The molecule has 0 aromatic rings. The average molecular weight is 613 g/mol. The van der Waals surface area contributed by atoms with Gasteiger partial charge in [0.1, 0.15) is 5.78 Å². The maximum atomic E-state index is 13.8. The van der Waals surface area contributed by atoms with Crippen LogP contribution in [-0.4, -0.2) is 67.1 Å². The molecule has 238 valence electrons. The van der Waals surface area contributed by atoms with Crippen molar-refractivity contribution in [3.63, 3.8) is 0 Å². The number of Topliss-reactive ketones (excluding diaryl/α,β-unsaturated/α-hetero) is 1. The van der Waals surface area contributed by atoms with Gasteiger partial charge in [-0.15, -0.1) is 12.4 Å². The number of guanidine groups is 1. The Morgan fingerprint density at radius 2 is 1.90 bits per heavy atom. The molecular weight excluding hydrogens is 563 g/mol. The summed E-state index contributed by atoms with van der Waals surface area (Å²) in [5.74, 6) is 0.0720. The lowest BCUT2D eigenvalue weighted by molar-refractivity contribution is -0.525. The molecule has 42 heavy (non-hydrogen) atoms. The molecule has 0 radical (unpaired) electrons. The first-order valence-corrected chi connectivity index (χ1v) is 15.4. The number of hydrogen-bond acceptors (Lipinski definition) is 8. The lowest BCUT2D eigenvalue weighted by Gasteiger charge is -2.64. The highest BCUT2D eigenvalue weighted by Crippen LogP contribution is 2.65. The van der Waals surface area contributed by atoms with E-state index in [2.05, 4.69) is 50.2 Å². The average Bonchev–Trinajstić information content (AvgIpc) is 3.26. The van der Waals surface area contributed by atoms with E-state index in [4.69, 9.17) is 15.0 Å². The van der Waals surface area contributed by atoms with Crippen LogP contribution in [0.4, 0.5) is 0 Å². The highest BCUT2D eigenvalue weighted by molar-refractivity contribution is 6.47. The van der Waals surface area contributed by atoms with Gasteiger partial charge in [0.15, 0.2) is 5.03 Å². The van der Waals surface area contributed by atoms with Gasteiger partial charge in [-0.3, -0.25) is 9.59 Å². The number of amides is 1. The first-order chi connectivity index (χ1) is 19.3. The standard InChI is InChI=1S/C28H49BN6O6.ClH/c1-17(2)13-24(29-40-23-16-20-15-22(27(20,3)4)28(23,5)41-29)33-25(37)19(7-6-10-32-26(30)34-35(38)39)14-21(36)18-8-11-31-12-9-18;/h17-20,22-24,31H,6-16H2,1-5H3,(H,33,37)(H3,30,32,34);1H/t19-,20+,22+,23-,24+,28+;/m1./s1. The third kappa shape index (κ3) is 7.76. The summed E-state index contributed by atoms with van der Waals surface area (Å²) in [6.45, 7) is 12.9. The third-order valence-electron chi connectivity index (χ3n) is 10.2. The quantitative estimate of drug-likeness (QED) is 0.0610. The van der Waals surface area contributed by atoms with Crippen LogP contribution in [0.15, 0.2) is 4.99 Å². The highest BCUT2D eigenvalue weighted by Gasteiger charge is 2.68. The van der Waals surface area contributed by atoms with Crippen LogP contribution >= 0.6 is 12.4 Å². The molecule has 2 bridgehead atoms. The number of nitrogens with two attached hydrogens (primary N) is 1. The zero-order valence-electron chi connectivity index (χ0n) is 25.7. The molecule has 2 saturated heterocycles. The van der Waals surface area contributed by atoms with Gasteiger partial charge in [0.05, 0.1) is 17.6 Å². The molecule has 0 spiro atoms. The largest absolute Gasteiger partial charge is 0.481 e. The Morgan fingerprint density at radius 1 is 1.21 bits per heavy atom. The van der Waals surface area contributed by atoms with Gasteiger partial charge in [0.2, 0.25) is 5.91 Å². The van der Waals surface area contributed by atoms with Crippen molar-refractivity contribution in [2.45, 2.75) is 104 Å². The zero-order chi connectivity index (χ0) is 29.9. The van der Waals surface area contributed by atoms with E-state index < -0.39 is 18.1 Å². The summed E-state index contributed by atoms with van der Waals surface area (Å²) in [5.41, 5.74) is 7.21. The lowest BCUT2D eigenvalue weighted by atomic mass is 9.43. The Hall–Kier alpha value is -1.96. The van der Waals surface area contributed by atoms with Crippen LogP contribution in [0.25, 0.3) is 0 Å². The molecule has 6 atom stereocenters. The van der Waals surface area contributed by atoms with Crippen molar-refractivity contribution in [1.82, 2.24) is 16.1 Å². The van der Waals surface area contributed by atoms with Crippen molar-refractivity contribution in [3.05, 3.63) is 10.1 Å². The highest BCUT2D eigenvalue weighted by atomic mass is 35.5. The van der Waals surface area contributed by atoms with E-state index in [9.17, 15) is 19.7 Å². The van der Waals surface area contributed by atoms with Gasteiger partial charge >= 0.3 is 7.12 Å². The molecule has 2 heterocycles. The van der Waals surface area contributed by atoms with Gasteiger partial charge in [-0.1, -0.05) is 33.1 Å². The molecule has 0 aromatic heterocycles. The molecule has 1 amide bonds. The van der Waals surface area contributed by atoms with Crippen molar-refractivity contribution >= 4 is 37.2 Å². The second-order valence-corrected chi connectivity index (χ2v) is 13.8. The number of rotatable bonds is 13. The number of nitrogens with zero attached hydrogens (tertiary/aromatic N) is 2. The van der Waals surface area contributed by atoms with Gasteiger partial charge in [0, 0.05) is 24.8 Å². The summed E-state index contributed by atoms with van der Waals surface area (Å²) in [6.07, 6.45) is 5.42. The number of carbonyl (C=O) groups excluding carboxylic acids is 2. The number of halogens is 1. The van der Waals surface area contributed by atoms with Crippen LogP contribution in [0.1, 0.15) is 86.0 Å². The molecule has 3 aliphatic carbocycles. The van der Waals surface area contributed by atoms with Crippen molar-refractivity contribution in [2.75, 3.05) is 19.6 Å². The summed E-state index contributed by atoms with van der Waals surface area (Å²) < 4.78 is 13.2. The Bertz CT molecular complexity index is 1010. The van der Waals surface area contributed by atoms with E-state index in [0.29, 0.717) is 37.0 Å². The lowest BCUT2D eigenvalue weighted by Crippen LogP contribution is -2.65. The molecule has 5 fully saturated rings. The summed E-state index contributed by atoms with van der Waals surface area (Å²) in [7, 11) is -0.537. The minimum Gasteiger partial charge on any atom is -0.404 e. The second kappa shape index (κ2) is 14.2.